The molecule has 0 unspecified atom stereocenters. The van der Waals surface area contributed by atoms with Gasteiger partial charge in [-0.1, -0.05) is 41.5 Å². The van der Waals surface area contributed by atoms with Crippen LogP contribution in [-0.4, -0.2) is 30.4 Å². The number of rotatable bonds is 2. The van der Waals surface area contributed by atoms with Crippen LogP contribution in [-0.2, 0) is 24.9 Å². The molecule has 4 aromatic carbocycles. The number of carbonyl (C=O) groups excluding carboxylic acids is 1. The zero-order valence-corrected chi connectivity index (χ0v) is 28.6. The molecule has 6 aromatic rings. The molecule has 42 heavy (non-hydrogen) atoms. The standard InChI is InChI=1S/C25H13FNSe.C11H20O2.Ir/c26-16-12-13-17-15(14-16)6-5-9-18(17)24-23-20-8-2-4-11-22(20)28-25(23)19-7-1-3-10-21(19)27-24;1-10(2,3)8(12)7-9(13)11(4,5)6;/h1-8,10-14H;7,12H,1-6H3;/q-1;;/b;8-7-;. The molecule has 0 aliphatic rings. The number of hydrogen-bond acceptors (Lipinski definition) is 3. The summed E-state index contributed by atoms with van der Waals surface area (Å²) in [5, 5.41) is 15.1. The SMILES string of the molecule is CC(C)(C)C(=O)/C=C(\O)C(C)(C)C.Fc1ccc2c(-c3nc4ccccc4c4[se]c5ccccc5c34)[c-]ccc2c1.[Ir]. The number of aliphatic hydroxyl groups is 1. The fourth-order valence-corrected chi connectivity index (χ4v) is 7.13. The van der Waals surface area contributed by atoms with Gasteiger partial charge in [0.2, 0.25) is 0 Å². The fourth-order valence-electron chi connectivity index (χ4n) is 4.54. The zero-order chi connectivity index (χ0) is 29.5. The minimum absolute atomic E-state index is 0. The number of halogens is 1. The molecule has 2 aromatic heterocycles. The quantitative estimate of drug-likeness (QED) is 0.0823. The Morgan fingerprint density at radius 2 is 1.55 bits per heavy atom. The van der Waals surface area contributed by atoms with Crippen LogP contribution in [0.25, 0.3) is 52.2 Å². The topological polar surface area (TPSA) is 50.2 Å². The zero-order valence-electron chi connectivity index (χ0n) is 24.5. The van der Waals surface area contributed by atoms with Crippen molar-refractivity contribution < 1.29 is 34.4 Å². The minimum atomic E-state index is -0.417. The summed E-state index contributed by atoms with van der Waals surface area (Å²) in [6, 6.07) is 29.0. The van der Waals surface area contributed by atoms with Gasteiger partial charge in [0.05, 0.1) is 0 Å². The van der Waals surface area contributed by atoms with E-state index < -0.39 is 5.41 Å². The number of aliphatic hydroxyl groups excluding tert-OH is 1. The number of fused-ring (bicyclic) bond motifs is 6. The molecule has 6 heteroatoms. The Morgan fingerprint density at radius 3 is 2.24 bits per heavy atom. The second-order valence-electron chi connectivity index (χ2n) is 12.3. The molecule has 0 aliphatic heterocycles. The summed E-state index contributed by atoms with van der Waals surface area (Å²) in [5.74, 6) is -0.123. The van der Waals surface area contributed by atoms with E-state index >= 15 is 0 Å². The maximum absolute atomic E-state index is 13.8. The molecule has 6 rings (SSSR count). The summed E-state index contributed by atoms with van der Waals surface area (Å²) in [7, 11) is 0. The minimum Gasteiger partial charge on any atom is 0 e. The van der Waals surface area contributed by atoms with E-state index in [2.05, 4.69) is 48.5 Å². The Bertz CT molecular complexity index is 1960. The largest absolute Gasteiger partial charge is 0 e. The van der Waals surface area contributed by atoms with Gasteiger partial charge in [-0.05, 0) is 0 Å². The second-order valence-corrected chi connectivity index (χ2v) is 14.5. The van der Waals surface area contributed by atoms with Gasteiger partial charge in [-0.15, -0.1) is 0 Å². The number of hydrogen-bond donors (Lipinski definition) is 1. The first kappa shape index (κ1) is 31.8. The molecule has 0 atom stereocenters. The number of aromatic nitrogens is 1. The van der Waals surface area contributed by atoms with E-state index in [1.165, 1.54) is 36.8 Å². The van der Waals surface area contributed by atoms with E-state index in [-0.39, 0.29) is 57.4 Å². The molecule has 3 nitrogen and oxygen atoms in total. The van der Waals surface area contributed by atoms with Crippen molar-refractivity contribution in [3.63, 3.8) is 0 Å². The summed E-state index contributed by atoms with van der Waals surface area (Å²) in [6.07, 6.45) is 1.33. The van der Waals surface area contributed by atoms with Gasteiger partial charge < -0.3 is 5.11 Å². The molecule has 1 radical (unpaired) electrons. The van der Waals surface area contributed by atoms with Crippen molar-refractivity contribution in [1.82, 2.24) is 4.98 Å². The van der Waals surface area contributed by atoms with Gasteiger partial charge in [0.25, 0.3) is 0 Å². The van der Waals surface area contributed by atoms with Crippen LogP contribution in [0.3, 0.4) is 0 Å². The van der Waals surface area contributed by atoms with Crippen molar-refractivity contribution >= 4 is 61.3 Å². The summed E-state index contributed by atoms with van der Waals surface area (Å²) >= 11 is 0.236. The predicted octanol–water partition coefficient (Wildman–Crippen LogP) is 9.44. The Labute approximate surface area is 265 Å². The number of benzene rings is 4. The average molecular weight is 802 g/mol. The number of nitrogens with zero attached hydrogens (tertiary/aromatic N) is 1. The van der Waals surface area contributed by atoms with Crippen molar-refractivity contribution in [2.75, 3.05) is 0 Å². The van der Waals surface area contributed by atoms with Crippen LogP contribution in [0, 0.1) is 22.7 Å². The number of carbonyl (C=O) groups is 1. The maximum Gasteiger partial charge on any atom is 0 e. The van der Waals surface area contributed by atoms with E-state index in [4.69, 9.17) is 4.98 Å². The Balaban J connectivity index is 0.000000249. The van der Waals surface area contributed by atoms with Crippen molar-refractivity contribution in [1.29, 1.82) is 0 Å². The van der Waals surface area contributed by atoms with Gasteiger partial charge in [-0.2, -0.15) is 0 Å². The van der Waals surface area contributed by atoms with Gasteiger partial charge >= 0.3 is 167 Å². The third-order valence-corrected chi connectivity index (χ3v) is 9.53. The normalized spacial score (nSPS) is 12.3. The summed E-state index contributed by atoms with van der Waals surface area (Å²) in [4.78, 5) is 16.6. The Morgan fingerprint density at radius 1 is 0.881 bits per heavy atom. The van der Waals surface area contributed by atoms with Crippen LogP contribution in [0.15, 0.2) is 90.7 Å². The molecular formula is C36H33FIrNO2Se-. The van der Waals surface area contributed by atoms with Gasteiger partial charge in [0, 0.05) is 37.0 Å². The average Bonchev–Trinajstić information content (AvgIpc) is 3.31. The van der Waals surface area contributed by atoms with Gasteiger partial charge in [0.15, 0.2) is 5.78 Å². The van der Waals surface area contributed by atoms with Crippen molar-refractivity contribution in [2.45, 2.75) is 41.5 Å². The van der Waals surface area contributed by atoms with Gasteiger partial charge in [-0.25, -0.2) is 0 Å². The van der Waals surface area contributed by atoms with Crippen LogP contribution in [0.1, 0.15) is 41.5 Å². The molecule has 2 heterocycles. The van der Waals surface area contributed by atoms with E-state index in [1.807, 2.05) is 65.8 Å². The molecule has 0 aliphatic carbocycles. The van der Waals surface area contributed by atoms with Crippen molar-refractivity contribution in [3.05, 3.63) is 103 Å². The monoisotopic (exact) mass is 803 g/mol. The van der Waals surface area contributed by atoms with Crippen LogP contribution < -0.4 is 0 Å². The summed E-state index contributed by atoms with van der Waals surface area (Å²) in [5.41, 5.74) is 2.11. The Kier molecular flexibility index (Phi) is 9.25. The third-order valence-electron chi connectivity index (χ3n) is 7.00. The molecule has 1 N–H and O–H groups in total. The molecule has 0 bridgehead atoms. The number of allylic oxidation sites excluding steroid dienone is 2. The molecule has 217 valence electrons. The van der Waals surface area contributed by atoms with Crippen molar-refractivity contribution in [3.8, 4) is 11.3 Å². The van der Waals surface area contributed by atoms with Crippen molar-refractivity contribution in [2.24, 2.45) is 10.8 Å². The first-order valence-corrected chi connectivity index (χ1v) is 15.3. The van der Waals surface area contributed by atoms with Crippen LogP contribution in [0.5, 0.6) is 0 Å². The predicted molar refractivity (Wildman–Crippen MR) is 170 cm³/mol. The van der Waals surface area contributed by atoms with E-state index in [9.17, 15) is 14.3 Å². The third kappa shape index (κ3) is 6.43. The number of pyridine rings is 1. The summed E-state index contributed by atoms with van der Waals surface area (Å²) in [6.45, 7) is 11.1. The molecule has 0 amide bonds. The van der Waals surface area contributed by atoms with Gasteiger partial charge in [-0.3, -0.25) is 4.79 Å². The van der Waals surface area contributed by atoms with Crippen LogP contribution in [0.2, 0.25) is 0 Å². The number of ketones is 1. The molecule has 0 saturated carbocycles. The molecule has 0 saturated heterocycles. The van der Waals surface area contributed by atoms with E-state index in [1.54, 1.807) is 6.07 Å². The Hall–Kier alpha value is -3.14. The van der Waals surface area contributed by atoms with E-state index in [0.717, 1.165) is 27.5 Å². The first-order chi connectivity index (χ1) is 19.3. The van der Waals surface area contributed by atoms with Crippen LogP contribution in [0.4, 0.5) is 4.39 Å². The summed E-state index contributed by atoms with van der Waals surface area (Å²) < 4.78 is 16.5. The molecule has 0 fully saturated rings. The molecular weight excluding hydrogens is 769 g/mol. The maximum atomic E-state index is 13.8. The van der Waals surface area contributed by atoms with E-state index in [0.29, 0.717) is 0 Å². The number of para-hydroxylation sites is 1. The second kappa shape index (κ2) is 12.2. The van der Waals surface area contributed by atoms with Gasteiger partial charge in [0.1, 0.15) is 5.76 Å². The smallest absolute Gasteiger partial charge is 0 e. The fraction of sp³-hybridized carbons (Fsp3) is 0.222. The molecule has 0 spiro atoms. The van der Waals surface area contributed by atoms with Crippen LogP contribution >= 0.6 is 0 Å². The first-order valence-electron chi connectivity index (χ1n) is 13.6.